The lowest BCUT2D eigenvalue weighted by molar-refractivity contribution is 0.0823. The number of hydrogen-bond acceptors (Lipinski definition) is 4. The van der Waals surface area contributed by atoms with Crippen LogP contribution < -0.4 is 4.74 Å². The Balaban J connectivity index is 1.89. The van der Waals surface area contributed by atoms with Gasteiger partial charge < -0.3 is 9.84 Å². The number of nitrogens with zero attached hydrogens (tertiary/aromatic N) is 1. The van der Waals surface area contributed by atoms with E-state index < -0.39 is 5.60 Å². The molecule has 3 nitrogen and oxygen atoms in total. The Morgan fingerprint density at radius 2 is 2.00 bits per heavy atom. The lowest BCUT2D eigenvalue weighted by Crippen LogP contribution is -2.12. The first-order valence-electron chi connectivity index (χ1n) is 6.74. The molecule has 1 aromatic carbocycles. The summed E-state index contributed by atoms with van der Waals surface area (Å²) in [5.41, 5.74) is 1.69. The van der Waals surface area contributed by atoms with Gasteiger partial charge in [0, 0.05) is 12.6 Å². The highest BCUT2D eigenvalue weighted by molar-refractivity contribution is 7.11. The van der Waals surface area contributed by atoms with Crippen molar-refractivity contribution in [3.63, 3.8) is 0 Å². The van der Waals surface area contributed by atoms with E-state index in [0.29, 0.717) is 6.61 Å². The maximum Gasteiger partial charge on any atom is 0.119 e. The average molecular weight is 291 g/mol. The molecule has 0 aliphatic carbocycles. The standard InChI is InChI=1S/C16H21NO2S/c1-11-5-6-13(9-12(11)2)19-8-7-15-17-10-14(20-15)16(3,4)18/h5-6,9-10,18H,7-8H2,1-4H3. The number of benzene rings is 1. The summed E-state index contributed by atoms with van der Waals surface area (Å²) in [5.74, 6) is 0.896. The first-order valence-corrected chi connectivity index (χ1v) is 7.55. The Morgan fingerprint density at radius 3 is 2.60 bits per heavy atom. The smallest absolute Gasteiger partial charge is 0.119 e. The van der Waals surface area contributed by atoms with E-state index in [9.17, 15) is 5.11 Å². The second-order valence-electron chi connectivity index (χ2n) is 5.52. The van der Waals surface area contributed by atoms with E-state index in [4.69, 9.17) is 4.74 Å². The molecule has 0 saturated heterocycles. The van der Waals surface area contributed by atoms with Gasteiger partial charge in [0.2, 0.25) is 0 Å². The SMILES string of the molecule is Cc1ccc(OCCc2ncc(C(C)(C)O)s2)cc1C. The first kappa shape index (κ1) is 15.0. The summed E-state index contributed by atoms with van der Waals surface area (Å²) in [4.78, 5) is 5.21. The fourth-order valence-electron chi connectivity index (χ4n) is 1.77. The molecule has 20 heavy (non-hydrogen) atoms. The molecule has 0 spiro atoms. The van der Waals surface area contributed by atoms with Crippen LogP contribution in [0.3, 0.4) is 0 Å². The molecule has 0 atom stereocenters. The van der Waals surface area contributed by atoms with Gasteiger partial charge in [0.1, 0.15) is 5.75 Å². The van der Waals surface area contributed by atoms with E-state index >= 15 is 0 Å². The third-order valence-corrected chi connectivity index (χ3v) is 4.59. The van der Waals surface area contributed by atoms with Gasteiger partial charge >= 0.3 is 0 Å². The molecule has 2 aromatic rings. The molecular weight excluding hydrogens is 270 g/mol. The molecule has 0 saturated carbocycles. The number of ether oxygens (including phenoxy) is 1. The molecule has 0 bridgehead atoms. The molecule has 0 aliphatic rings. The van der Waals surface area contributed by atoms with E-state index in [1.807, 2.05) is 6.07 Å². The highest BCUT2D eigenvalue weighted by Gasteiger charge is 2.19. The summed E-state index contributed by atoms with van der Waals surface area (Å²) < 4.78 is 5.74. The Morgan fingerprint density at radius 1 is 1.25 bits per heavy atom. The zero-order chi connectivity index (χ0) is 14.8. The Kier molecular flexibility index (Phi) is 4.45. The monoisotopic (exact) mass is 291 g/mol. The molecule has 0 radical (unpaired) electrons. The van der Waals surface area contributed by atoms with E-state index in [-0.39, 0.29) is 0 Å². The molecule has 108 valence electrons. The maximum absolute atomic E-state index is 9.90. The summed E-state index contributed by atoms with van der Waals surface area (Å²) in [5, 5.41) is 10.9. The van der Waals surface area contributed by atoms with Crippen molar-refractivity contribution in [2.75, 3.05) is 6.61 Å². The highest BCUT2D eigenvalue weighted by Crippen LogP contribution is 2.26. The fraction of sp³-hybridized carbons (Fsp3) is 0.438. The van der Waals surface area contributed by atoms with Gasteiger partial charge in [0.05, 0.1) is 22.1 Å². The van der Waals surface area contributed by atoms with Crippen LogP contribution in [0.1, 0.15) is 34.9 Å². The Bertz CT molecular complexity index is 584. The number of aromatic nitrogens is 1. The molecular formula is C16H21NO2S. The number of hydrogen-bond donors (Lipinski definition) is 1. The second-order valence-corrected chi connectivity index (χ2v) is 6.64. The van der Waals surface area contributed by atoms with Crippen LogP contribution in [0.25, 0.3) is 0 Å². The van der Waals surface area contributed by atoms with Crippen LogP contribution in [0.15, 0.2) is 24.4 Å². The fourth-order valence-corrected chi connectivity index (χ4v) is 2.67. The molecule has 4 heteroatoms. The maximum atomic E-state index is 9.90. The molecule has 1 N–H and O–H groups in total. The van der Waals surface area contributed by atoms with Crippen LogP contribution in [-0.4, -0.2) is 16.7 Å². The number of aryl methyl sites for hydroxylation is 2. The van der Waals surface area contributed by atoms with Crippen molar-refractivity contribution < 1.29 is 9.84 Å². The van der Waals surface area contributed by atoms with Gasteiger partial charge in [0.15, 0.2) is 0 Å². The second kappa shape index (κ2) is 5.94. The quantitative estimate of drug-likeness (QED) is 0.915. The predicted molar refractivity (Wildman–Crippen MR) is 82.5 cm³/mol. The average Bonchev–Trinajstić information content (AvgIpc) is 2.82. The van der Waals surface area contributed by atoms with E-state index in [1.165, 1.54) is 22.5 Å². The lowest BCUT2D eigenvalue weighted by Gasteiger charge is -2.13. The van der Waals surface area contributed by atoms with Crippen LogP contribution in [0.2, 0.25) is 0 Å². The van der Waals surface area contributed by atoms with Crippen LogP contribution in [0.5, 0.6) is 5.75 Å². The van der Waals surface area contributed by atoms with Gasteiger partial charge in [-0.05, 0) is 51.0 Å². The summed E-state index contributed by atoms with van der Waals surface area (Å²) in [6.07, 6.45) is 2.50. The van der Waals surface area contributed by atoms with E-state index in [2.05, 4.69) is 31.0 Å². The van der Waals surface area contributed by atoms with Crippen LogP contribution >= 0.6 is 11.3 Å². The third kappa shape index (κ3) is 3.81. The van der Waals surface area contributed by atoms with Gasteiger partial charge in [-0.1, -0.05) is 6.07 Å². The van der Waals surface area contributed by atoms with Gasteiger partial charge in [-0.3, -0.25) is 0 Å². The van der Waals surface area contributed by atoms with Crippen LogP contribution in [0.4, 0.5) is 0 Å². The minimum Gasteiger partial charge on any atom is -0.493 e. The number of rotatable bonds is 5. The summed E-state index contributed by atoms with van der Waals surface area (Å²) in [7, 11) is 0. The summed E-state index contributed by atoms with van der Waals surface area (Å²) in [6.45, 7) is 8.32. The Hall–Kier alpha value is -1.39. The van der Waals surface area contributed by atoms with Crippen molar-refractivity contribution in [1.82, 2.24) is 4.98 Å². The van der Waals surface area contributed by atoms with Crippen molar-refractivity contribution in [1.29, 1.82) is 0 Å². The van der Waals surface area contributed by atoms with Crippen molar-refractivity contribution in [2.45, 2.75) is 39.7 Å². The molecule has 1 heterocycles. The molecule has 0 fully saturated rings. The first-order chi connectivity index (χ1) is 9.36. The number of aliphatic hydroxyl groups is 1. The van der Waals surface area contributed by atoms with Gasteiger partial charge in [-0.15, -0.1) is 11.3 Å². The summed E-state index contributed by atoms with van der Waals surface area (Å²) >= 11 is 1.54. The van der Waals surface area contributed by atoms with Gasteiger partial charge in [-0.25, -0.2) is 4.98 Å². The normalized spacial score (nSPS) is 11.7. The number of thiazole rings is 1. The molecule has 1 aromatic heterocycles. The Labute approximate surface area is 124 Å². The third-order valence-electron chi connectivity index (χ3n) is 3.22. The molecule has 0 aliphatic heterocycles. The van der Waals surface area contributed by atoms with Crippen LogP contribution in [0, 0.1) is 13.8 Å². The minimum atomic E-state index is -0.815. The van der Waals surface area contributed by atoms with Crippen molar-refractivity contribution in [3.05, 3.63) is 45.4 Å². The van der Waals surface area contributed by atoms with Crippen molar-refractivity contribution in [3.8, 4) is 5.75 Å². The van der Waals surface area contributed by atoms with Crippen molar-refractivity contribution in [2.24, 2.45) is 0 Å². The predicted octanol–water partition coefficient (Wildman–Crippen LogP) is 3.61. The molecule has 0 amide bonds. The van der Waals surface area contributed by atoms with E-state index in [1.54, 1.807) is 20.0 Å². The highest BCUT2D eigenvalue weighted by atomic mass is 32.1. The molecule has 0 unspecified atom stereocenters. The zero-order valence-corrected chi connectivity index (χ0v) is 13.3. The van der Waals surface area contributed by atoms with Gasteiger partial charge in [-0.2, -0.15) is 0 Å². The largest absolute Gasteiger partial charge is 0.493 e. The van der Waals surface area contributed by atoms with Crippen LogP contribution in [-0.2, 0) is 12.0 Å². The van der Waals surface area contributed by atoms with Crippen molar-refractivity contribution >= 4 is 11.3 Å². The lowest BCUT2D eigenvalue weighted by atomic mass is 10.1. The summed E-state index contributed by atoms with van der Waals surface area (Å²) in [6, 6.07) is 6.12. The minimum absolute atomic E-state index is 0.599. The molecule has 2 rings (SSSR count). The topological polar surface area (TPSA) is 42.4 Å². The zero-order valence-electron chi connectivity index (χ0n) is 12.4. The van der Waals surface area contributed by atoms with E-state index in [0.717, 1.165) is 22.1 Å². The van der Waals surface area contributed by atoms with Gasteiger partial charge in [0.25, 0.3) is 0 Å².